The minimum absolute atomic E-state index is 0.104. The fourth-order valence-electron chi connectivity index (χ4n) is 2.62. The SMILES string of the molecule is COCC1CN(C(=O)Nc2ccc(Oc3ccc(C#N)cc3)cc2)C1. The van der Waals surface area contributed by atoms with Crippen molar-refractivity contribution in [3.05, 3.63) is 54.1 Å². The summed E-state index contributed by atoms with van der Waals surface area (Å²) >= 11 is 0. The maximum Gasteiger partial charge on any atom is 0.321 e. The van der Waals surface area contributed by atoms with Crippen LogP contribution in [0.2, 0.25) is 0 Å². The summed E-state index contributed by atoms with van der Waals surface area (Å²) in [7, 11) is 1.67. The van der Waals surface area contributed by atoms with Gasteiger partial charge in [-0.2, -0.15) is 5.26 Å². The van der Waals surface area contributed by atoms with E-state index in [1.54, 1.807) is 60.5 Å². The Hall–Kier alpha value is -3.04. The molecular weight excluding hydrogens is 318 g/mol. The lowest BCUT2D eigenvalue weighted by Crippen LogP contribution is -2.53. The van der Waals surface area contributed by atoms with Crippen molar-refractivity contribution in [3.63, 3.8) is 0 Å². The van der Waals surface area contributed by atoms with Gasteiger partial charge in [-0.25, -0.2) is 4.79 Å². The maximum absolute atomic E-state index is 12.1. The molecule has 0 atom stereocenters. The quantitative estimate of drug-likeness (QED) is 0.906. The minimum atomic E-state index is -0.104. The van der Waals surface area contributed by atoms with Crippen LogP contribution in [0.25, 0.3) is 0 Å². The molecule has 2 aromatic rings. The Morgan fingerprint density at radius 1 is 1.16 bits per heavy atom. The smallest absolute Gasteiger partial charge is 0.321 e. The van der Waals surface area contributed by atoms with E-state index in [0.717, 1.165) is 13.1 Å². The zero-order valence-electron chi connectivity index (χ0n) is 13.9. The molecule has 1 N–H and O–H groups in total. The lowest BCUT2D eigenvalue weighted by molar-refractivity contribution is 0.0599. The van der Waals surface area contributed by atoms with Crippen LogP contribution >= 0.6 is 0 Å². The zero-order chi connectivity index (χ0) is 17.6. The molecule has 25 heavy (non-hydrogen) atoms. The van der Waals surface area contributed by atoms with E-state index in [1.807, 2.05) is 0 Å². The van der Waals surface area contributed by atoms with Crippen LogP contribution in [0.1, 0.15) is 5.56 Å². The van der Waals surface area contributed by atoms with Crippen LogP contribution in [0.3, 0.4) is 0 Å². The molecule has 6 nitrogen and oxygen atoms in total. The number of carbonyl (C=O) groups is 1. The first kappa shape index (κ1) is 16.8. The standard InChI is InChI=1S/C19H19N3O3/c1-24-13-15-11-22(12-15)19(23)21-16-4-8-18(9-5-16)25-17-6-2-14(10-20)3-7-17/h2-9,15H,11-13H2,1H3,(H,21,23). The third-order valence-corrected chi connectivity index (χ3v) is 3.97. The summed E-state index contributed by atoms with van der Waals surface area (Å²) in [5, 5.41) is 11.7. The second kappa shape index (κ2) is 7.69. The highest BCUT2D eigenvalue weighted by molar-refractivity contribution is 5.89. The third-order valence-electron chi connectivity index (χ3n) is 3.97. The molecule has 0 aliphatic carbocycles. The summed E-state index contributed by atoms with van der Waals surface area (Å²) in [4.78, 5) is 13.9. The van der Waals surface area contributed by atoms with Crippen LogP contribution in [-0.4, -0.2) is 37.7 Å². The fraction of sp³-hybridized carbons (Fsp3) is 0.263. The van der Waals surface area contributed by atoms with Gasteiger partial charge in [0.05, 0.1) is 18.2 Å². The van der Waals surface area contributed by atoms with Gasteiger partial charge in [0.15, 0.2) is 0 Å². The van der Waals surface area contributed by atoms with Crippen molar-refractivity contribution in [3.8, 4) is 17.6 Å². The largest absolute Gasteiger partial charge is 0.457 e. The summed E-state index contributed by atoms with van der Waals surface area (Å²) < 4.78 is 10.8. The predicted molar refractivity (Wildman–Crippen MR) is 93.6 cm³/mol. The van der Waals surface area contributed by atoms with Gasteiger partial charge in [-0.05, 0) is 48.5 Å². The fourth-order valence-corrected chi connectivity index (χ4v) is 2.62. The lowest BCUT2D eigenvalue weighted by Gasteiger charge is -2.38. The molecule has 1 saturated heterocycles. The van der Waals surface area contributed by atoms with Crippen LogP contribution < -0.4 is 10.1 Å². The summed E-state index contributed by atoms with van der Waals surface area (Å²) in [6.45, 7) is 2.13. The number of anilines is 1. The van der Waals surface area contributed by atoms with Crippen molar-refractivity contribution in [2.45, 2.75) is 0 Å². The average molecular weight is 337 g/mol. The van der Waals surface area contributed by atoms with Gasteiger partial charge in [0.25, 0.3) is 0 Å². The van der Waals surface area contributed by atoms with Crippen molar-refractivity contribution in [1.29, 1.82) is 5.26 Å². The maximum atomic E-state index is 12.1. The van der Waals surface area contributed by atoms with Gasteiger partial charge in [0.1, 0.15) is 11.5 Å². The normalized spacial score (nSPS) is 13.7. The van der Waals surface area contributed by atoms with Gasteiger partial charge in [-0.1, -0.05) is 0 Å². The predicted octanol–water partition coefficient (Wildman–Crippen LogP) is 3.46. The first-order valence-corrected chi connectivity index (χ1v) is 8.01. The molecule has 0 spiro atoms. The number of urea groups is 1. The second-order valence-electron chi connectivity index (χ2n) is 5.92. The van der Waals surface area contributed by atoms with E-state index in [-0.39, 0.29) is 6.03 Å². The second-order valence-corrected chi connectivity index (χ2v) is 5.92. The molecule has 6 heteroatoms. The molecule has 0 bridgehead atoms. The number of benzene rings is 2. The Kier molecular flexibility index (Phi) is 5.17. The minimum Gasteiger partial charge on any atom is -0.457 e. The number of nitrogens with zero attached hydrogens (tertiary/aromatic N) is 2. The molecule has 0 saturated carbocycles. The number of nitriles is 1. The Balaban J connectivity index is 1.52. The number of likely N-dealkylation sites (tertiary alicyclic amines) is 1. The molecule has 128 valence electrons. The van der Waals surface area contributed by atoms with E-state index in [0.29, 0.717) is 35.3 Å². The Morgan fingerprint density at radius 3 is 2.32 bits per heavy atom. The summed E-state index contributed by atoms with van der Waals surface area (Å²) in [6, 6.07) is 16.0. The molecule has 0 aromatic heterocycles. The topological polar surface area (TPSA) is 74.6 Å². The number of hydrogen-bond acceptors (Lipinski definition) is 4. The van der Waals surface area contributed by atoms with E-state index in [1.165, 1.54) is 0 Å². The molecule has 1 fully saturated rings. The first-order chi connectivity index (χ1) is 12.2. The van der Waals surface area contributed by atoms with Crippen LogP contribution in [0.15, 0.2) is 48.5 Å². The highest BCUT2D eigenvalue weighted by Gasteiger charge is 2.30. The van der Waals surface area contributed by atoms with Crippen molar-refractivity contribution in [2.24, 2.45) is 5.92 Å². The van der Waals surface area contributed by atoms with E-state index >= 15 is 0 Å². The van der Waals surface area contributed by atoms with Crippen molar-refractivity contribution >= 4 is 11.7 Å². The van der Waals surface area contributed by atoms with Crippen molar-refractivity contribution < 1.29 is 14.3 Å². The van der Waals surface area contributed by atoms with E-state index < -0.39 is 0 Å². The van der Waals surface area contributed by atoms with Crippen LogP contribution in [-0.2, 0) is 4.74 Å². The number of rotatable bonds is 5. The van der Waals surface area contributed by atoms with Gasteiger partial charge in [-0.15, -0.1) is 0 Å². The number of nitrogens with one attached hydrogen (secondary N) is 1. The molecule has 2 aromatic carbocycles. The van der Waals surface area contributed by atoms with Gasteiger partial charge in [-0.3, -0.25) is 0 Å². The van der Waals surface area contributed by atoms with Crippen molar-refractivity contribution in [1.82, 2.24) is 4.90 Å². The van der Waals surface area contributed by atoms with Crippen LogP contribution in [0, 0.1) is 17.2 Å². The average Bonchev–Trinajstić information content (AvgIpc) is 2.60. The molecule has 1 heterocycles. The highest BCUT2D eigenvalue weighted by Crippen LogP contribution is 2.24. The van der Waals surface area contributed by atoms with Crippen molar-refractivity contribution in [2.75, 3.05) is 32.1 Å². The summed E-state index contributed by atoms with van der Waals surface area (Å²) in [5.74, 6) is 1.74. The molecule has 2 amide bonds. The Labute approximate surface area is 146 Å². The molecule has 3 rings (SSSR count). The Morgan fingerprint density at radius 2 is 1.76 bits per heavy atom. The number of amides is 2. The summed E-state index contributed by atoms with van der Waals surface area (Å²) in [6.07, 6.45) is 0. The Bertz CT molecular complexity index is 760. The van der Waals surface area contributed by atoms with Crippen LogP contribution in [0.5, 0.6) is 11.5 Å². The van der Waals surface area contributed by atoms with E-state index in [9.17, 15) is 4.79 Å². The summed E-state index contributed by atoms with van der Waals surface area (Å²) in [5.41, 5.74) is 1.30. The lowest BCUT2D eigenvalue weighted by atomic mass is 10.0. The zero-order valence-corrected chi connectivity index (χ0v) is 13.9. The highest BCUT2D eigenvalue weighted by atomic mass is 16.5. The molecule has 0 radical (unpaired) electrons. The molecule has 0 unspecified atom stereocenters. The number of carbonyl (C=O) groups excluding carboxylic acids is 1. The van der Waals surface area contributed by atoms with E-state index in [4.69, 9.17) is 14.7 Å². The number of methoxy groups -OCH3 is 1. The van der Waals surface area contributed by atoms with Gasteiger partial charge in [0.2, 0.25) is 0 Å². The third kappa shape index (κ3) is 4.28. The first-order valence-electron chi connectivity index (χ1n) is 8.01. The monoisotopic (exact) mass is 337 g/mol. The molecule has 1 aliphatic heterocycles. The number of hydrogen-bond donors (Lipinski definition) is 1. The van der Waals surface area contributed by atoms with Crippen LogP contribution in [0.4, 0.5) is 10.5 Å². The number of ether oxygens (including phenoxy) is 2. The van der Waals surface area contributed by atoms with Gasteiger partial charge >= 0.3 is 6.03 Å². The van der Waals surface area contributed by atoms with E-state index in [2.05, 4.69) is 11.4 Å². The van der Waals surface area contributed by atoms with Gasteiger partial charge < -0.3 is 19.7 Å². The van der Waals surface area contributed by atoms with Gasteiger partial charge in [0, 0.05) is 31.8 Å². The molecule has 1 aliphatic rings. The molecular formula is C19H19N3O3.